The van der Waals surface area contributed by atoms with Gasteiger partial charge in [0, 0.05) is 30.1 Å². The first kappa shape index (κ1) is 18.7. The third kappa shape index (κ3) is 4.24. The summed E-state index contributed by atoms with van der Waals surface area (Å²) in [7, 11) is 1.64. The second-order valence-electron chi connectivity index (χ2n) is 6.28. The van der Waals surface area contributed by atoms with E-state index >= 15 is 0 Å². The Kier molecular flexibility index (Phi) is 6.18. The zero-order valence-corrected chi connectivity index (χ0v) is 14.7. The molecule has 0 saturated carbocycles. The van der Waals surface area contributed by atoms with Gasteiger partial charge in [0.05, 0.1) is 6.04 Å². The van der Waals surface area contributed by atoms with Crippen LogP contribution in [0.2, 0.25) is 5.02 Å². The van der Waals surface area contributed by atoms with Crippen molar-refractivity contribution in [3.63, 3.8) is 0 Å². The first-order valence-electron chi connectivity index (χ1n) is 8.02. The fourth-order valence-electron chi connectivity index (χ4n) is 3.04. The van der Waals surface area contributed by atoms with Gasteiger partial charge in [-0.05, 0) is 45.0 Å². The number of piperidine rings is 1. The van der Waals surface area contributed by atoms with Crippen LogP contribution in [0.5, 0.6) is 0 Å². The second-order valence-corrected chi connectivity index (χ2v) is 6.69. The molecule has 1 unspecified atom stereocenters. The Morgan fingerprint density at radius 2 is 2.04 bits per heavy atom. The van der Waals surface area contributed by atoms with Crippen molar-refractivity contribution in [2.45, 2.75) is 32.4 Å². The average molecular weight is 356 g/mol. The number of rotatable bonds is 5. The zero-order chi connectivity index (χ0) is 17.9. The molecule has 7 heteroatoms. The van der Waals surface area contributed by atoms with E-state index in [9.17, 15) is 14.0 Å². The largest absolute Gasteiger partial charge is 0.369 e. The molecule has 1 fully saturated rings. The van der Waals surface area contributed by atoms with Crippen LogP contribution >= 0.6 is 11.6 Å². The lowest BCUT2D eigenvalue weighted by molar-refractivity contribution is -0.136. The predicted octanol–water partition coefficient (Wildman–Crippen LogP) is 2.02. The first-order chi connectivity index (χ1) is 11.3. The smallest absolute Gasteiger partial charge is 0.239 e. The second kappa shape index (κ2) is 7.94. The Morgan fingerprint density at radius 1 is 1.42 bits per heavy atom. The number of carbonyl (C=O) groups is 2. The van der Waals surface area contributed by atoms with Gasteiger partial charge in [0.2, 0.25) is 11.8 Å². The molecule has 2 amide bonds. The Morgan fingerprint density at radius 3 is 2.58 bits per heavy atom. The minimum absolute atomic E-state index is 0.105. The molecule has 0 spiro atoms. The van der Waals surface area contributed by atoms with E-state index in [0.717, 1.165) is 0 Å². The molecule has 132 valence electrons. The third-order valence-electron chi connectivity index (χ3n) is 4.67. The highest BCUT2D eigenvalue weighted by Crippen LogP contribution is 2.22. The Hall–Kier alpha value is -1.66. The number of amides is 2. The van der Waals surface area contributed by atoms with Crippen LogP contribution < -0.4 is 5.73 Å². The molecular formula is C17H23ClFN3O2. The van der Waals surface area contributed by atoms with Gasteiger partial charge in [-0.3, -0.25) is 14.5 Å². The average Bonchev–Trinajstić information content (AvgIpc) is 2.56. The maximum absolute atomic E-state index is 13.9. The summed E-state index contributed by atoms with van der Waals surface area (Å²) in [6, 6.07) is 4.14. The van der Waals surface area contributed by atoms with Crippen molar-refractivity contribution in [1.29, 1.82) is 0 Å². The summed E-state index contributed by atoms with van der Waals surface area (Å²) in [6.07, 6.45) is 1.33. The summed E-state index contributed by atoms with van der Waals surface area (Å²) in [6.45, 7) is 3.24. The van der Waals surface area contributed by atoms with Crippen LogP contribution in [0, 0.1) is 11.7 Å². The molecule has 24 heavy (non-hydrogen) atoms. The molecule has 1 atom stereocenters. The molecule has 0 bridgehead atoms. The number of carbonyl (C=O) groups excluding carboxylic acids is 2. The minimum atomic E-state index is -0.419. The molecule has 1 aromatic carbocycles. The highest BCUT2D eigenvalue weighted by atomic mass is 35.5. The number of primary amides is 1. The summed E-state index contributed by atoms with van der Waals surface area (Å²) in [5, 5.41) is 0.310. The molecule has 1 aliphatic rings. The van der Waals surface area contributed by atoms with E-state index in [1.165, 1.54) is 17.0 Å². The topological polar surface area (TPSA) is 66.6 Å². The van der Waals surface area contributed by atoms with Gasteiger partial charge in [0.1, 0.15) is 5.82 Å². The molecule has 0 aromatic heterocycles. The van der Waals surface area contributed by atoms with Gasteiger partial charge in [-0.2, -0.15) is 0 Å². The number of likely N-dealkylation sites (N-methyl/N-ethyl adjacent to an activating group) is 1. The molecule has 0 aliphatic carbocycles. The Labute approximate surface area is 146 Å². The normalized spacial score (nSPS) is 17.5. The predicted molar refractivity (Wildman–Crippen MR) is 90.8 cm³/mol. The maximum Gasteiger partial charge on any atom is 0.239 e. The van der Waals surface area contributed by atoms with Crippen LogP contribution in [0.1, 0.15) is 25.3 Å². The standard InChI is InChI=1S/C17H23ClFN3O2/c1-11(22-8-6-12(7-9-22)16(20)23)17(24)21(2)10-13-14(18)4-3-5-15(13)19/h3-5,11-12H,6-10H2,1-2H3,(H2,20,23). The lowest BCUT2D eigenvalue weighted by Crippen LogP contribution is -2.49. The van der Waals surface area contributed by atoms with Crippen LogP contribution in [0.15, 0.2) is 18.2 Å². The zero-order valence-electron chi connectivity index (χ0n) is 14.0. The summed E-state index contributed by atoms with van der Waals surface area (Å²) in [5.41, 5.74) is 5.64. The van der Waals surface area contributed by atoms with Crippen molar-refractivity contribution in [1.82, 2.24) is 9.80 Å². The van der Waals surface area contributed by atoms with Crippen molar-refractivity contribution in [2.75, 3.05) is 20.1 Å². The van der Waals surface area contributed by atoms with Gasteiger partial charge in [-0.15, -0.1) is 0 Å². The van der Waals surface area contributed by atoms with Gasteiger partial charge < -0.3 is 10.6 Å². The van der Waals surface area contributed by atoms with Crippen LogP contribution in [-0.4, -0.2) is 47.8 Å². The van der Waals surface area contributed by atoms with Gasteiger partial charge >= 0.3 is 0 Å². The SMILES string of the molecule is CC(C(=O)N(C)Cc1c(F)cccc1Cl)N1CCC(C(N)=O)CC1. The number of benzene rings is 1. The van der Waals surface area contributed by atoms with Gasteiger partial charge in [-0.1, -0.05) is 17.7 Å². The summed E-state index contributed by atoms with van der Waals surface area (Å²) < 4.78 is 13.9. The number of nitrogens with two attached hydrogens (primary N) is 1. The van der Waals surface area contributed by atoms with Crippen LogP contribution in [0.25, 0.3) is 0 Å². The quantitative estimate of drug-likeness (QED) is 0.878. The van der Waals surface area contributed by atoms with E-state index in [1.54, 1.807) is 13.1 Å². The molecule has 1 aliphatic heterocycles. The van der Waals surface area contributed by atoms with Gasteiger partial charge in [0.15, 0.2) is 0 Å². The van der Waals surface area contributed by atoms with Crippen molar-refractivity contribution in [3.8, 4) is 0 Å². The lowest BCUT2D eigenvalue weighted by atomic mass is 9.95. The number of likely N-dealkylation sites (tertiary alicyclic amines) is 1. The molecule has 1 aromatic rings. The highest BCUT2D eigenvalue weighted by Gasteiger charge is 2.30. The Balaban J connectivity index is 1.97. The fraction of sp³-hybridized carbons (Fsp3) is 0.529. The molecular weight excluding hydrogens is 333 g/mol. The van der Waals surface area contributed by atoms with Crippen LogP contribution in [0.3, 0.4) is 0 Å². The summed E-state index contributed by atoms with van der Waals surface area (Å²) in [4.78, 5) is 27.3. The summed E-state index contributed by atoms with van der Waals surface area (Å²) >= 11 is 6.02. The number of nitrogens with zero attached hydrogens (tertiary/aromatic N) is 2. The van der Waals surface area contributed by atoms with E-state index in [-0.39, 0.29) is 30.3 Å². The molecule has 2 N–H and O–H groups in total. The first-order valence-corrected chi connectivity index (χ1v) is 8.40. The number of hydrogen-bond acceptors (Lipinski definition) is 3. The lowest BCUT2D eigenvalue weighted by Gasteiger charge is -2.35. The number of halogens is 2. The van der Waals surface area contributed by atoms with Crippen LogP contribution in [0.4, 0.5) is 4.39 Å². The number of hydrogen-bond donors (Lipinski definition) is 1. The van der Waals surface area contributed by atoms with E-state index in [4.69, 9.17) is 17.3 Å². The third-order valence-corrected chi connectivity index (χ3v) is 5.02. The van der Waals surface area contributed by atoms with Crippen molar-refractivity contribution in [3.05, 3.63) is 34.6 Å². The molecule has 0 radical (unpaired) electrons. The van der Waals surface area contributed by atoms with E-state index in [0.29, 0.717) is 36.5 Å². The monoisotopic (exact) mass is 355 g/mol. The molecule has 5 nitrogen and oxygen atoms in total. The highest BCUT2D eigenvalue weighted by molar-refractivity contribution is 6.31. The van der Waals surface area contributed by atoms with Gasteiger partial charge in [0.25, 0.3) is 0 Å². The fourth-order valence-corrected chi connectivity index (χ4v) is 3.27. The van der Waals surface area contributed by atoms with Crippen molar-refractivity contribution in [2.24, 2.45) is 11.7 Å². The van der Waals surface area contributed by atoms with E-state index in [2.05, 4.69) is 0 Å². The van der Waals surface area contributed by atoms with Crippen LogP contribution in [-0.2, 0) is 16.1 Å². The molecule has 1 saturated heterocycles. The van der Waals surface area contributed by atoms with E-state index < -0.39 is 5.82 Å². The van der Waals surface area contributed by atoms with Crippen molar-refractivity contribution >= 4 is 23.4 Å². The van der Waals surface area contributed by atoms with Crippen molar-refractivity contribution < 1.29 is 14.0 Å². The summed E-state index contributed by atoms with van der Waals surface area (Å²) in [5.74, 6) is -0.914. The molecule has 1 heterocycles. The van der Waals surface area contributed by atoms with E-state index in [1.807, 2.05) is 11.8 Å². The molecule has 2 rings (SSSR count). The Bertz CT molecular complexity index is 598. The van der Waals surface area contributed by atoms with Gasteiger partial charge in [-0.25, -0.2) is 4.39 Å². The minimum Gasteiger partial charge on any atom is -0.369 e. The maximum atomic E-state index is 13.9.